The maximum Gasteiger partial charge on any atom is 0.260 e. The molecule has 0 aliphatic carbocycles. The number of likely N-dealkylation sites (tertiary alicyclic amines) is 1. The summed E-state index contributed by atoms with van der Waals surface area (Å²) in [4.78, 5) is 26.5. The second-order valence-electron chi connectivity index (χ2n) is 6.93. The molecule has 6 nitrogen and oxygen atoms in total. The minimum Gasteiger partial charge on any atom is -0.484 e. The van der Waals surface area contributed by atoms with E-state index in [2.05, 4.69) is 5.32 Å². The molecule has 1 fully saturated rings. The van der Waals surface area contributed by atoms with E-state index in [4.69, 9.17) is 10.5 Å². The van der Waals surface area contributed by atoms with Gasteiger partial charge in [0.1, 0.15) is 11.3 Å². The van der Waals surface area contributed by atoms with Crippen molar-refractivity contribution < 1.29 is 14.3 Å². The van der Waals surface area contributed by atoms with Gasteiger partial charge in [0.2, 0.25) is 5.91 Å². The quantitative estimate of drug-likeness (QED) is 0.776. The van der Waals surface area contributed by atoms with Crippen molar-refractivity contribution in [1.82, 2.24) is 4.90 Å². The Labute approximate surface area is 171 Å². The second kappa shape index (κ2) is 9.57. The Hall–Kier alpha value is -2.57. The summed E-state index contributed by atoms with van der Waals surface area (Å²) in [5.74, 6) is 0.193. The third-order valence-electron chi connectivity index (χ3n) is 4.76. The van der Waals surface area contributed by atoms with E-state index >= 15 is 0 Å². The molecule has 28 heavy (non-hydrogen) atoms. The van der Waals surface area contributed by atoms with Gasteiger partial charge in [-0.3, -0.25) is 9.59 Å². The lowest BCUT2D eigenvalue weighted by molar-refractivity contribution is -0.132. The predicted molar refractivity (Wildman–Crippen MR) is 112 cm³/mol. The number of halogens is 1. The fraction of sp³-hybridized carbons (Fsp3) is 0.333. The van der Waals surface area contributed by atoms with E-state index in [0.717, 1.165) is 31.5 Å². The fourth-order valence-electron chi connectivity index (χ4n) is 3.04. The molecule has 1 saturated heterocycles. The maximum absolute atomic E-state index is 12.6. The highest BCUT2D eigenvalue weighted by Crippen LogP contribution is 2.22. The van der Waals surface area contributed by atoms with Crippen LogP contribution < -0.4 is 15.8 Å². The van der Waals surface area contributed by atoms with E-state index in [1.54, 1.807) is 31.2 Å². The van der Waals surface area contributed by atoms with Crippen molar-refractivity contribution in [3.05, 3.63) is 60.2 Å². The molecule has 2 aromatic rings. The minimum atomic E-state index is -1.16. The van der Waals surface area contributed by atoms with Crippen LogP contribution in [0, 0.1) is 0 Å². The number of nitrogens with one attached hydrogen (secondary N) is 1. The third-order valence-corrected chi connectivity index (χ3v) is 4.76. The number of benzene rings is 2. The molecule has 0 saturated carbocycles. The summed E-state index contributed by atoms with van der Waals surface area (Å²) in [6.45, 7) is 3.27. The Balaban J connectivity index is 0.00000280. The summed E-state index contributed by atoms with van der Waals surface area (Å²) >= 11 is 0. The average molecular weight is 404 g/mol. The van der Waals surface area contributed by atoms with E-state index < -0.39 is 5.54 Å². The molecule has 1 aliphatic rings. The van der Waals surface area contributed by atoms with E-state index in [-0.39, 0.29) is 30.8 Å². The number of rotatable bonds is 6. The highest BCUT2D eigenvalue weighted by molar-refractivity contribution is 5.98. The van der Waals surface area contributed by atoms with Crippen LogP contribution in [0.2, 0.25) is 0 Å². The molecule has 1 atom stereocenters. The smallest absolute Gasteiger partial charge is 0.260 e. The Bertz CT molecular complexity index is 806. The lowest BCUT2D eigenvalue weighted by Gasteiger charge is -2.24. The predicted octanol–water partition coefficient (Wildman–Crippen LogP) is 2.92. The largest absolute Gasteiger partial charge is 0.484 e. The molecule has 1 aliphatic heterocycles. The number of nitrogens with two attached hydrogens (primary N) is 1. The van der Waals surface area contributed by atoms with Gasteiger partial charge < -0.3 is 20.7 Å². The Morgan fingerprint density at radius 1 is 1.11 bits per heavy atom. The van der Waals surface area contributed by atoms with Crippen LogP contribution in [0.3, 0.4) is 0 Å². The van der Waals surface area contributed by atoms with E-state index in [1.165, 1.54) is 0 Å². The van der Waals surface area contributed by atoms with Gasteiger partial charge in [0.15, 0.2) is 6.61 Å². The van der Waals surface area contributed by atoms with E-state index in [0.29, 0.717) is 11.4 Å². The van der Waals surface area contributed by atoms with Crippen molar-refractivity contribution in [2.45, 2.75) is 25.3 Å². The van der Waals surface area contributed by atoms with Gasteiger partial charge in [-0.15, -0.1) is 12.4 Å². The summed E-state index contributed by atoms with van der Waals surface area (Å²) in [5, 5.41) is 2.82. The van der Waals surface area contributed by atoms with Gasteiger partial charge in [-0.05, 0) is 37.5 Å². The first-order valence-corrected chi connectivity index (χ1v) is 9.13. The van der Waals surface area contributed by atoms with Gasteiger partial charge in [0, 0.05) is 24.8 Å². The Morgan fingerprint density at radius 3 is 2.46 bits per heavy atom. The molecule has 0 spiro atoms. The van der Waals surface area contributed by atoms with Gasteiger partial charge in [-0.25, -0.2) is 0 Å². The molecule has 3 rings (SSSR count). The summed E-state index contributed by atoms with van der Waals surface area (Å²) in [6.07, 6.45) is 2.10. The third kappa shape index (κ3) is 5.24. The first-order chi connectivity index (χ1) is 13.0. The zero-order chi connectivity index (χ0) is 19.3. The van der Waals surface area contributed by atoms with Crippen molar-refractivity contribution in [3.63, 3.8) is 0 Å². The summed E-state index contributed by atoms with van der Waals surface area (Å²) in [5.41, 5.74) is 6.38. The van der Waals surface area contributed by atoms with Crippen molar-refractivity contribution in [3.8, 4) is 5.75 Å². The molecular weight excluding hydrogens is 378 g/mol. The van der Waals surface area contributed by atoms with Crippen LogP contribution in [0.1, 0.15) is 25.3 Å². The van der Waals surface area contributed by atoms with Gasteiger partial charge in [-0.1, -0.05) is 36.4 Å². The summed E-state index contributed by atoms with van der Waals surface area (Å²) in [7, 11) is 0. The summed E-state index contributed by atoms with van der Waals surface area (Å²) in [6, 6.07) is 16.2. The first-order valence-electron chi connectivity index (χ1n) is 9.13. The van der Waals surface area contributed by atoms with Gasteiger partial charge >= 0.3 is 0 Å². The molecule has 150 valence electrons. The Morgan fingerprint density at radius 2 is 1.79 bits per heavy atom. The number of hydrogen-bond donors (Lipinski definition) is 2. The number of hydrogen-bond acceptors (Lipinski definition) is 4. The molecule has 0 radical (unpaired) electrons. The molecule has 3 N–H and O–H groups in total. The number of carbonyl (C=O) groups excluding carboxylic acids is 2. The van der Waals surface area contributed by atoms with Crippen molar-refractivity contribution in [1.29, 1.82) is 0 Å². The van der Waals surface area contributed by atoms with Crippen LogP contribution in [0.25, 0.3) is 0 Å². The van der Waals surface area contributed by atoms with E-state index in [9.17, 15) is 9.59 Å². The van der Waals surface area contributed by atoms with Crippen LogP contribution in [0.15, 0.2) is 54.6 Å². The lowest BCUT2D eigenvalue weighted by Crippen LogP contribution is -2.45. The van der Waals surface area contributed by atoms with Crippen LogP contribution >= 0.6 is 12.4 Å². The van der Waals surface area contributed by atoms with Crippen molar-refractivity contribution in [2.75, 3.05) is 25.0 Å². The second-order valence-corrected chi connectivity index (χ2v) is 6.93. The minimum absolute atomic E-state index is 0. The number of amides is 2. The van der Waals surface area contributed by atoms with Gasteiger partial charge in [0.05, 0.1) is 0 Å². The number of carbonyl (C=O) groups is 2. The van der Waals surface area contributed by atoms with Gasteiger partial charge in [0.25, 0.3) is 5.91 Å². The fourth-order valence-corrected chi connectivity index (χ4v) is 3.04. The lowest BCUT2D eigenvalue weighted by atomic mass is 9.92. The monoisotopic (exact) mass is 403 g/mol. The normalized spacial score (nSPS) is 15.3. The maximum atomic E-state index is 12.6. The van der Waals surface area contributed by atoms with Crippen molar-refractivity contribution >= 4 is 29.9 Å². The molecule has 1 heterocycles. The molecule has 2 amide bonds. The highest BCUT2D eigenvalue weighted by atomic mass is 35.5. The highest BCUT2D eigenvalue weighted by Gasteiger charge is 2.30. The molecule has 2 aromatic carbocycles. The van der Waals surface area contributed by atoms with Gasteiger partial charge in [-0.2, -0.15) is 0 Å². The molecule has 0 aromatic heterocycles. The van der Waals surface area contributed by atoms with Crippen LogP contribution in [0.4, 0.5) is 5.69 Å². The standard InChI is InChI=1S/C21H25N3O3.ClH/c1-21(22,16-8-3-2-4-9-16)20(26)23-17-10-7-11-18(14-17)27-15-19(25)24-12-5-6-13-24;/h2-4,7-11,14H,5-6,12-13,15,22H2,1H3,(H,23,26);1H. The molecular formula is C21H26ClN3O3. The number of nitrogens with zero attached hydrogens (tertiary/aromatic N) is 1. The zero-order valence-corrected chi connectivity index (χ0v) is 16.7. The zero-order valence-electron chi connectivity index (χ0n) is 15.9. The van der Waals surface area contributed by atoms with Crippen LogP contribution in [-0.2, 0) is 15.1 Å². The topological polar surface area (TPSA) is 84.7 Å². The SMILES string of the molecule is CC(N)(C(=O)Nc1cccc(OCC(=O)N2CCCC2)c1)c1ccccc1.Cl. The number of ether oxygens (including phenoxy) is 1. The Kier molecular flexibility index (Phi) is 7.43. The molecule has 0 bridgehead atoms. The number of anilines is 1. The molecule has 1 unspecified atom stereocenters. The average Bonchev–Trinajstić information content (AvgIpc) is 3.22. The van der Waals surface area contributed by atoms with Crippen LogP contribution in [-0.4, -0.2) is 36.4 Å². The summed E-state index contributed by atoms with van der Waals surface area (Å²) < 4.78 is 5.60. The van der Waals surface area contributed by atoms with E-state index in [1.807, 2.05) is 35.2 Å². The first kappa shape index (κ1) is 21.7. The molecule has 7 heteroatoms. The van der Waals surface area contributed by atoms with Crippen LogP contribution in [0.5, 0.6) is 5.75 Å². The van der Waals surface area contributed by atoms with Crippen molar-refractivity contribution in [2.24, 2.45) is 5.73 Å².